The van der Waals surface area contributed by atoms with Crippen molar-refractivity contribution in [2.45, 2.75) is 0 Å². The molecule has 0 aliphatic carbocycles. The first-order chi connectivity index (χ1) is 6.06. The number of hydrogen-bond acceptors (Lipinski definition) is 5. The van der Waals surface area contributed by atoms with E-state index in [1.165, 1.54) is 13.2 Å². The van der Waals surface area contributed by atoms with Gasteiger partial charge in [0.15, 0.2) is 0 Å². The fourth-order valence-electron chi connectivity index (χ4n) is 0.685. The average Bonchev–Trinajstić information content (AvgIpc) is 2.46. The number of carbonyl (C=O) groups is 1. The van der Waals surface area contributed by atoms with Crippen LogP contribution in [-0.2, 0) is 4.74 Å². The van der Waals surface area contributed by atoms with Gasteiger partial charge in [-0.05, 0) is 15.9 Å². The summed E-state index contributed by atoms with van der Waals surface area (Å²) in [5.74, 6) is -0.571. The molecule has 0 bridgehead atoms. The maximum atomic E-state index is 10.9. The fourth-order valence-corrected chi connectivity index (χ4v) is 2.24. The number of methoxy groups -OCH3 is 1. The molecule has 1 rings (SSSR count). The Kier molecular flexibility index (Phi) is 2.99. The van der Waals surface area contributed by atoms with E-state index in [9.17, 15) is 14.9 Å². The summed E-state index contributed by atoms with van der Waals surface area (Å²) in [6, 6.07) is 1.18. The minimum Gasteiger partial charge on any atom is -0.465 e. The number of esters is 1. The highest BCUT2D eigenvalue weighted by molar-refractivity contribution is 9.11. The molecule has 70 valence electrons. The van der Waals surface area contributed by atoms with Gasteiger partial charge in [0.05, 0.1) is 12.0 Å². The Morgan fingerprint density at radius 2 is 2.38 bits per heavy atom. The van der Waals surface area contributed by atoms with Gasteiger partial charge in [0, 0.05) is 6.07 Å². The van der Waals surface area contributed by atoms with Gasteiger partial charge in [-0.25, -0.2) is 4.79 Å². The number of nitro groups is 1. The lowest BCUT2D eigenvalue weighted by atomic mass is 10.4. The molecule has 0 amide bonds. The van der Waals surface area contributed by atoms with Crippen molar-refractivity contribution in [1.82, 2.24) is 0 Å². The topological polar surface area (TPSA) is 69.4 Å². The van der Waals surface area contributed by atoms with Gasteiger partial charge in [-0.2, -0.15) is 0 Å². The Morgan fingerprint density at radius 3 is 2.77 bits per heavy atom. The third kappa shape index (κ3) is 2.04. The molecule has 1 aromatic heterocycles. The van der Waals surface area contributed by atoms with Crippen LogP contribution in [0.1, 0.15) is 9.67 Å². The lowest BCUT2D eigenvalue weighted by Gasteiger charge is -1.90. The van der Waals surface area contributed by atoms with Crippen molar-refractivity contribution in [2.24, 2.45) is 0 Å². The molecular weight excluding hydrogens is 262 g/mol. The van der Waals surface area contributed by atoms with E-state index in [-0.39, 0.29) is 10.6 Å². The molecule has 1 heterocycles. The van der Waals surface area contributed by atoms with Crippen LogP contribution in [0.2, 0.25) is 0 Å². The Balaban J connectivity index is 3.09. The highest BCUT2D eigenvalue weighted by Gasteiger charge is 2.20. The Hall–Kier alpha value is -0.950. The van der Waals surface area contributed by atoms with Crippen LogP contribution in [0.25, 0.3) is 0 Å². The van der Waals surface area contributed by atoms with E-state index in [4.69, 9.17) is 0 Å². The van der Waals surface area contributed by atoms with Crippen molar-refractivity contribution in [3.8, 4) is 0 Å². The van der Waals surface area contributed by atoms with Gasteiger partial charge < -0.3 is 4.74 Å². The number of thiophene rings is 1. The summed E-state index contributed by atoms with van der Waals surface area (Å²) in [5.41, 5.74) is -0.120. The summed E-state index contributed by atoms with van der Waals surface area (Å²) < 4.78 is 4.73. The minimum absolute atomic E-state index is 0.120. The van der Waals surface area contributed by atoms with Crippen LogP contribution in [0.3, 0.4) is 0 Å². The first kappa shape index (κ1) is 10.1. The van der Waals surface area contributed by atoms with Crippen LogP contribution < -0.4 is 0 Å². The molecule has 0 radical (unpaired) electrons. The molecule has 0 atom stereocenters. The molecule has 0 saturated heterocycles. The van der Waals surface area contributed by atoms with Gasteiger partial charge in [0.25, 0.3) is 5.69 Å². The molecule has 0 saturated carbocycles. The minimum atomic E-state index is -0.571. The Bertz CT molecular complexity index is 362. The van der Waals surface area contributed by atoms with E-state index in [1.807, 2.05) is 0 Å². The van der Waals surface area contributed by atoms with Crippen LogP contribution in [0.4, 0.5) is 5.69 Å². The fraction of sp³-hybridized carbons (Fsp3) is 0.167. The van der Waals surface area contributed by atoms with Gasteiger partial charge in [0.2, 0.25) is 0 Å². The number of ether oxygens (including phenoxy) is 1. The summed E-state index contributed by atoms with van der Waals surface area (Å²) in [7, 11) is 1.22. The summed E-state index contributed by atoms with van der Waals surface area (Å²) in [5, 5.41) is 10.4. The maximum Gasteiger partial charge on any atom is 0.348 e. The first-order valence-corrected chi connectivity index (χ1v) is 4.69. The summed E-state index contributed by atoms with van der Waals surface area (Å²) in [6.45, 7) is 0. The van der Waals surface area contributed by atoms with Gasteiger partial charge in [0.1, 0.15) is 8.66 Å². The van der Waals surface area contributed by atoms with Gasteiger partial charge >= 0.3 is 5.97 Å². The lowest BCUT2D eigenvalue weighted by molar-refractivity contribution is -0.385. The monoisotopic (exact) mass is 265 g/mol. The molecule has 0 aromatic carbocycles. The molecule has 0 N–H and O–H groups in total. The normalized spacial score (nSPS) is 9.69. The van der Waals surface area contributed by atoms with Crippen molar-refractivity contribution in [2.75, 3.05) is 7.11 Å². The van der Waals surface area contributed by atoms with Gasteiger partial charge in [-0.15, -0.1) is 11.3 Å². The van der Waals surface area contributed by atoms with Crippen LogP contribution in [0.5, 0.6) is 0 Å². The third-order valence-electron chi connectivity index (χ3n) is 1.25. The predicted molar refractivity (Wildman–Crippen MR) is 50.0 cm³/mol. The van der Waals surface area contributed by atoms with Crippen LogP contribution >= 0.6 is 27.3 Å². The standard InChI is InChI=1S/C6H4BrNO4S/c1-12-6(9)4-2-3(8(10)11)5(7)13-4/h2H,1H3. The van der Waals surface area contributed by atoms with Crippen molar-refractivity contribution >= 4 is 38.9 Å². The van der Waals surface area contributed by atoms with E-state index in [1.54, 1.807) is 0 Å². The SMILES string of the molecule is COC(=O)c1cc([N+](=O)[O-])c(Br)s1. The van der Waals surface area contributed by atoms with Crippen LogP contribution in [-0.4, -0.2) is 18.0 Å². The second-order valence-electron chi connectivity index (χ2n) is 2.02. The number of halogens is 1. The predicted octanol–water partition coefficient (Wildman–Crippen LogP) is 2.21. The molecule has 0 unspecified atom stereocenters. The van der Waals surface area contributed by atoms with E-state index in [0.29, 0.717) is 3.79 Å². The van der Waals surface area contributed by atoms with E-state index >= 15 is 0 Å². The summed E-state index contributed by atoms with van der Waals surface area (Å²) in [6.07, 6.45) is 0. The van der Waals surface area contributed by atoms with Crippen molar-refractivity contribution in [3.05, 3.63) is 24.8 Å². The first-order valence-electron chi connectivity index (χ1n) is 3.08. The number of rotatable bonds is 2. The molecule has 0 aliphatic rings. The van der Waals surface area contributed by atoms with Gasteiger partial charge in [-0.3, -0.25) is 10.1 Å². The molecule has 1 aromatic rings. The summed E-state index contributed by atoms with van der Waals surface area (Å²) >= 11 is 3.96. The molecule has 5 nitrogen and oxygen atoms in total. The zero-order chi connectivity index (χ0) is 10.0. The molecule has 13 heavy (non-hydrogen) atoms. The van der Waals surface area contributed by atoms with Crippen LogP contribution in [0.15, 0.2) is 9.85 Å². The van der Waals surface area contributed by atoms with Gasteiger partial charge in [-0.1, -0.05) is 0 Å². The molecular formula is C6H4BrNO4S. The number of carbonyl (C=O) groups excluding carboxylic acids is 1. The Morgan fingerprint density at radius 1 is 1.77 bits per heavy atom. The second kappa shape index (κ2) is 3.84. The van der Waals surface area contributed by atoms with Crippen molar-refractivity contribution in [3.63, 3.8) is 0 Å². The van der Waals surface area contributed by atoms with Crippen molar-refractivity contribution < 1.29 is 14.5 Å². The molecule has 0 fully saturated rings. The highest BCUT2D eigenvalue weighted by Crippen LogP contribution is 2.34. The number of nitrogens with zero attached hydrogens (tertiary/aromatic N) is 1. The van der Waals surface area contributed by atoms with E-state index in [0.717, 1.165) is 11.3 Å². The summed E-state index contributed by atoms with van der Waals surface area (Å²) in [4.78, 5) is 21.0. The van der Waals surface area contributed by atoms with E-state index in [2.05, 4.69) is 20.7 Å². The zero-order valence-corrected chi connectivity index (χ0v) is 8.85. The molecule has 0 aliphatic heterocycles. The van der Waals surface area contributed by atoms with Crippen molar-refractivity contribution in [1.29, 1.82) is 0 Å². The van der Waals surface area contributed by atoms with E-state index < -0.39 is 10.9 Å². The smallest absolute Gasteiger partial charge is 0.348 e. The maximum absolute atomic E-state index is 10.9. The lowest BCUT2D eigenvalue weighted by Crippen LogP contribution is -1.97. The quantitative estimate of drug-likeness (QED) is 0.467. The second-order valence-corrected chi connectivity index (χ2v) is 4.39. The highest BCUT2D eigenvalue weighted by atomic mass is 79.9. The average molecular weight is 266 g/mol. The van der Waals surface area contributed by atoms with Crippen LogP contribution in [0, 0.1) is 10.1 Å². The largest absolute Gasteiger partial charge is 0.465 e. The Labute approximate surface area is 85.6 Å². The molecule has 0 spiro atoms. The number of hydrogen-bond donors (Lipinski definition) is 0. The third-order valence-corrected chi connectivity index (χ3v) is 3.04. The zero-order valence-electron chi connectivity index (χ0n) is 6.44. The molecule has 7 heteroatoms.